The Kier molecular flexibility index (Phi) is 9.30. The molecule has 2 heterocycles. The summed E-state index contributed by atoms with van der Waals surface area (Å²) in [6.07, 6.45) is -6.59. The molecule has 1 saturated heterocycles. The van der Waals surface area contributed by atoms with Crippen LogP contribution >= 0.6 is 0 Å². The molecule has 5 N–H and O–H groups in total. The Labute approximate surface area is 172 Å². The number of aliphatic hydroxyl groups excluding tert-OH is 4. The van der Waals surface area contributed by atoms with Gasteiger partial charge in [0.1, 0.15) is 24.4 Å². The molecule has 0 aromatic carbocycles. The molecule has 5 atom stereocenters. The second-order valence-corrected chi connectivity index (χ2v) is 6.81. The normalized spacial score (nSPS) is 29.3. The molecule has 0 saturated carbocycles. The van der Waals surface area contributed by atoms with Crippen LogP contribution in [-0.4, -0.2) is 102 Å². The van der Waals surface area contributed by atoms with Crippen molar-refractivity contribution in [2.75, 3.05) is 33.0 Å². The first-order chi connectivity index (χ1) is 14.3. The lowest BCUT2D eigenvalue weighted by atomic mass is 9.99. The minimum atomic E-state index is -1.51. The van der Waals surface area contributed by atoms with E-state index in [0.717, 1.165) is 0 Å². The van der Waals surface area contributed by atoms with Gasteiger partial charge in [0, 0.05) is 24.1 Å². The zero-order valence-electron chi connectivity index (χ0n) is 16.5. The van der Waals surface area contributed by atoms with Gasteiger partial charge in [-0.05, 0) is 13.3 Å². The highest BCUT2D eigenvalue weighted by atomic mass is 16.7. The van der Waals surface area contributed by atoms with Crippen molar-refractivity contribution in [3.63, 3.8) is 0 Å². The number of cyclic esters (lactones) is 2. The summed E-state index contributed by atoms with van der Waals surface area (Å²) >= 11 is 0. The van der Waals surface area contributed by atoms with Gasteiger partial charge >= 0.3 is 11.9 Å². The number of esters is 2. The van der Waals surface area contributed by atoms with Crippen LogP contribution in [-0.2, 0) is 33.3 Å². The molecular weight excluding hydrogens is 406 g/mol. The third-order valence-corrected chi connectivity index (χ3v) is 4.72. The zero-order valence-corrected chi connectivity index (χ0v) is 16.5. The van der Waals surface area contributed by atoms with E-state index in [-0.39, 0.29) is 56.3 Å². The summed E-state index contributed by atoms with van der Waals surface area (Å²) in [4.78, 5) is 34.5. The smallest absolute Gasteiger partial charge is 0.342 e. The molecule has 0 bridgehead atoms. The van der Waals surface area contributed by atoms with E-state index in [0.29, 0.717) is 0 Å². The van der Waals surface area contributed by atoms with Crippen molar-refractivity contribution in [2.45, 2.75) is 50.5 Å². The maximum Gasteiger partial charge on any atom is 0.342 e. The number of rotatable bonds is 11. The predicted octanol–water partition coefficient (Wildman–Crippen LogP) is -2.88. The summed E-state index contributed by atoms with van der Waals surface area (Å²) in [6, 6.07) is 0. The number of nitrogens with one attached hydrogen (secondary N) is 1. The second kappa shape index (κ2) is 11.5. The van der Waals surface area contributed by atoms with Gasteiger partial charge in [-0.1, -0.05) is 0 Å². The third kappa shape index (κ3) is 6.28. The van der Waals surface area contributed by atoms with Crippen LogP contribution in [0, 0.1) is 0 Å². The molecule has 0 aromatic rings. The van der Waals surface area contributed by atoms with Gasteiger partial charge in [-0.25, -0.2) is 9.59 Å². The number of hydrogen-bond acceptors (Lipinski definition) is 11. The minimum absolute atomic E-state index is 0.000207. The van der Waals surface area contributed by atoms with Gasteiger partial charge in [-0.2, -0.15) is 0 Å². The van der Waals surface area contributed by atoms with Crippen LogP contribution in [0.1, 0.15) is 19.8 Å². The molecule has 1 amide bonds. The Morgan fingerprint density at radius 1 is 1.07 bits per heavy atom. The van der Waals surface area contributed by atoms with Crippen molar-refractivity contribution in [3.05, 3.63) is 11.1 Å². The van der Waals surface area contributed by atoms with Crippen LogP contribution in [0.4, 0.5) is 0 Å². The second-order valence-electron chi connectivity index (χ2n) is 6.81. The molecule has 2 aliphatic heterocycles. The Hall–Kier alpha value is -1.93. The highest BCUT2D eigenvalue weighted by molar-refractivity contribution is 6.12. The van der Waals surface area contributed by atoms with Crippen LogP contribution in [0.2, 0.25) is 0 Å². The first kappa shape index (κ1) is 24.3. The average Bonchev–Trinajstić information content (AvgIpc) is 2.96. The predicted molar refractivity (Wildman–Crippen MR) is 96.6 cm³/mol. The molecule has 0 spiro atoms. The molecule has 2 aliphatic rings. The molecule has 0 aliphatic carbocycles. The van der Waals surface area contributed by atoms with E-state index in [1.165, 1.54) is 6.92 Å². The van der Waals surface area contributed by atoms with Crippen molar-refractivity contribution in [3.8, 4) is 0 Å². The molecule has 12 nitrogen and oxygen atoms in total. The molecular formula is C18H27NO11. The van der Waals surface area contributed by atoms with Gasteiger partial charge in [0.2, 0.25) is 5.91 Å². The van der Waals surface area contributed by atoms with Gasteiger partial charge in [-0.3, -0.25) is 4.79 Å². The van der Waals surface area contributed by atoms with E-state index < -0.39 is 49.3 Å². The van der Waals surface area contributed by atoms with Gasteiger partial charge in [0.25, 0.3) is 0 Å². The molecule has 1 fully saturated rings. The zero-order chi connectivity index (χ0) is 22.3. The number of amides is 1. The topological polar surface area (TPSA) is 181 Å². The summed E-state index contributed by atoms with van der Waals surface area (Å²) < 4.78 is 20.2. The fraction of sp³-hybridized carbons (Fsp3) is 0.722. The Bertz CT molecular complexity index is 663. The van der Waals surface area contributed by atoms with E-state index in [9.17, 15) is 29.7 Å². The lowest BCUT2D eigenvalue weighted by Crippen LogP contribution is -2.59. The molecule has 0 aromatic heterocycles. The molecule has 5 unspecified atom stereocenters. The maximum atomic E-state index is 11.8. The number of hydrogen-bond donors (Lipinski definition) is 5. The quantitative estimate of drug-likeness (QED) is 0.128. The monoisotopic (exact) mass is 433 g/mol. The molecule has 12 heteroatoms. The van der Waals surface area contributed by atoms with Crippen LogP contribution in [0.3, 0.4) is 0 Å². The molecule has 30 heavy (non-hydrogen) atoms. The lowest BCUT2D eigenvalue weighted by molar-refractivity contribution is -0.302. The molecule has 2 rings (SSSR count). The highest BCUT2D eigenvalue weighted by Gasteiger charge is 2.43. The van der Waals surface area contributed by atoms with E-state index in [1.807, 2.05) is 0 Å². The lowest BCUT2D eigenvalue weighted by Gasteiger charge is -2.39. The Morgan fingerprint density at radius 2 is 1.80 bits per heavy atom. The van der Waals surface area contributed by atoms with E-state index in [4.69, 9.17) is 19.3 Å². The molecule has 0 radical (unpaired) electrons. The Morgan fingerprint density at radius 3 is 2.43 bits per heavy atom. The van der Waals surface area contributed by atoms with Crippen LogP contribution < -0.4 is 5.32 Å². The van der Waals surface area contributed by atoms with E-state index >= 15 is 0 Å². The third-order valence-electron chi connectivity index (χ3n) is 4.72. The number of aliphatic hydroxyl groups is 4. The summed E-state index contributed by atoms with van der Waals surface area (Å²) in [7, 11) is 0. The number of ether oxygens (including phenoxy) is 4. The van der Waals surface area contributed by atoms with Crippen molar-refractivity contribution in [1.82, 2.24) is 5.32 Å². The van der Waals surface area contributed by atoms with E-state index in [1.54, 1.807) is 0 Å². The van der Waals surface area contributed by atoms with Crippen LogP contribution in [0.25, 0.3) is 0 Å². The van der Waals surface area contributed by atoms with Crippen molar-refractivity contribution in [2.24, 2.45) is 0 Å². The number of carbonyl (C=O) groups is 3. The fourth-order valence-corrected chi connectivity index (χ4v) is 2.91. The van der Waals surface area contributed by atoms with Crippen molar-refractivity contribution >= 4 is 17.8 Å². The highest BCUT2D eigenvalue weighted by Crippen LogP contribution is 2.22. The van der Waals surface area contributed by atoms with Gasteiger partial charge in [0.05, 0.1) is 26.4 Å². The van der Waals surface area contributed by atoms with Gasteiger partial charge < -0.3 is 44.7 Å². The van der Waals surface area contributed by atoms with Gasteiger partial charge in [-0.15, -0.1) is 0 Å². The largest absolute Gasteiger partial charge is 0.394 e. The SMILES string of the molecule is CC1=C(CCC(=O)NCCOCCOC2OC(CO)C(O)C(O)C2O)C(=O)OC1=O. The average molecular weight is 433 g/mol. The van der Waals surface area contributed by atoms with E-state index in [2.05, 4.69) is 10.1 Å². The van der Waals surface area contributed by atoms with Crippen LogP contribution in [0.15, 0.2) is 11.1 Å². The van der Waals surface area contributed by atoms with Crippen molar-refractivity contribution in [1.29, 1.82) is 0 Å². The van der Waals surface area contributed by atoms with Gasteiger partial charge in [0.15, 0.2) is 6.29 Å². The summed E-state index contributed by atoms with van der Waals surface area (Å²) in [5.74, 6) is -1.72. The molecule has 170 valence electrons. The summed E-state index contributed by atoms with van der Waals surface area (Å²) in [6.45, 7) is 1.41. The van der Waals surface area contributed by atoms with Crippen LogP contribution in [0.5, 0.6) is 0 Å². The maximum absolute atomic E-state index is 11.8. The fourth-order valence-electron chi connectivity index (χ4n) is 2.91. The first-order valence-corrected chi connectivity index (χ1v) is 9.49. The summed E-state index contributed by atoms with van der Waals surface area (Å²) in [5, 5.41) is 40.9. The number of carbonyl (C=O) groups excluding carboxylic acids is 3. The standard InChI is InChI=1S/C18H27NO11/c1-9-10(17(26)30-16(9)25)2-3-12(21)19-4-5-27-6-7-28-18-15(24)14(23)13(22)11(8-20)29-18/h11,13-15,18,20,22-24H,2-8H2,1H3,(H,19,21). The summed E-state index contributed by atoms with van der Waals surface area (Å²) in [5.41, 5.74) is 0.423. The first-order valence-electron chi connectivity index (χ1n) is 9.49. The Balaban J connectivity index is 1.55. The van der Waals surface area contributed by atoms with Crippen molar-refractivity contribution < 1.29 is 53.8 Å². The minimum Gasteiger partial charge on any atom is -0.394 e.